The van der Waals surface area contributed by atoms with Gasteiger partial charge >= 0.3 is 0 Å². The molecule has 0 fully saturated rings. The van der Waals surface area contributed by atoms with E-state index in [1.54, 1.807) is 18.5 Å². The number of anilines is 1. The van der Waals surface area contributed by atoms with Crippen LogP contribution in [-0.4, -0.2) is 18.2 Å². The average molecular weight is 311 g/mol. The monoisotopic (exact) mass is 311 g/mol. The molecule has 1 aromatic heterocycles. The summed E-state index contributed by atoms with van der Waals surface area (Å²) in [5, 5.41) is 4.31. The van der Waals surface area contributed by atoms with Crippen molar-refractivity contribution in [2.75, 3.05) is 4.72 Å². The molecule has 21 heavy (non-hydrogen) atoms. The van der Waals surface area contributed by atoms with Crippen molar-refractivity contribution in [3.05, 3.63) is 41.5 Å². The molecule has 0 saturated heterocycles. The van der Waals surface area contributed by atoms with E-state index in [1.807, 2.05) is 13.8 Å². The molecule has 0 bridgehead atoms. The summed E-state index contributed by atoms with van der Waals surface area (Å²) in [6.07, 6.45) is 0. The number of sulfonamides is 1. The van der Waals surface area contributed by atoms with Gasteiger partial charge in [-0.25, -0.2) is 12.8 Å². The van der Waals surface area contributed by atoms with Gasteiger partial charge in [-0.3, -0.25) is 9.40 Å². The minimum absolute atomic E-state index is 0.107. The molecule has 0 aliphatic carbocycles. The highest BCUT2D eigenvalue weighted by atomic mass is 32.2. The molecule has 0 spiro atoms. The van der Waals surface area contributed by atoms with Crippen molar-refractivity contribution >= 4 is 15.7 Å². The van der Waals surface area contributed by atoms with Gasteiger partial charge in [0.1, 0.15) is 10.7 Å². The third kappa shape index (κ3) is 2.92. The Morgan fingerprint density at radius 3 is 2.38 bits per heavy atom. The fraction of sp³-hybridized carbons (Fsp3) is 0.357. The molecule has 114 valence electrons. The number of aromatic nitrogens is 2. The molecule has 1 aromatic carbocycles. The van der Waals surface area contributed by atoms with Gasteiger partial charge in [0.15, 0.2) is 0 Å². The standard InChI is InChI=1S/C14H18FN3O2S/c1-9(2)18-11(4)14(10(3)16-18)17-21(19,20)13-8-6-5-7-12(13)15/h5-9,17H,1-4H3. The fourth-order valence-electron chi connectivity index (χ4n) is 2.17. The smallest absolute Gasteiger partial charge is 0.264 e. The van der Waals surface area contributed by atoms with Crippen LogP contribution in [-0.2, 0) is 10.0 Å². The number of benzene rings is 1. The van der Waals surface area contributed by atoms with E-state index in [0.717, 1.165) is 6.07 Å². The van der Waals surface area contributed by atoms with Crippen LogP contribution < -0.4 is 4.72 Å². The van der Waals surface area contributed by atoms with Gasteiger partial charge in [-0.1, -0.05) is 12.1 Å². The Bertz CT molecular complexity index is 767. The van der Waals surface area contributed by atoms with Gasteiger partial charge in [0.25, 0.3) is 10.0 Å². The molecular weight excluding hydrogens is 293 g/mol. The van der Waals surface area contributed by atoms with Crippen LogP contribution in [0.1, 0.15) is 31.3 Å². The summed E-state index contributed by atoms with van der Waals surface area (Å²) in [4.78, 5) is -0.374. The van der Waals surface area contributed by atoms with Gasteiger partial charge < -0.3 is 0 Å². The van der Waals surface area contributed by atoms with Gasteiger partial charge in [-0.2, -0.15) is 5.10 Å². The van der Waals surface area contributed by atoms with Crippen LogP contribution in [0, 0.1) is 19.7 Å². The molecule has 5 nitrogen and oxygen atoms in total. The maximum absolute atomic E-state index is 13.7. The summed E-state index contributed by atoms with van der Waals surface area (Å²) in [6, 6.07) is 5.38. The van der Waals surface area contributed by atoms with Gasteiger partial charge in [0.05, 0.1) is 17.1 Å². The van der Waals surface area contributed by atoms with Gasteiger partial charge in [0.2, 0.25) is 0 Å². The van der Waals surface area contributed by atoms with Crippen molar-refractivity contribution in [1.29, 1.82) is 0 Å². The Kier molecular flexibility index (Phi) is 4.04. The fourth-order valence-corrected chi connectivity index (χ4v) is 3.42. The molecular formula is C14H18FN3O2S. The summed E-state index contributed by atoms with van der Waals surface area (Å²) >= 11 is 0. The molecule has 2 aromatic rings. The van der Waals surface area contributed by atoms with Crippen LogP contribution in [0.2, 0.25) is 0 Å². The average Bonchev–Trinajstić information content (AvgIpc) is 2.67. The summed E-state index contributed by atoms with van der Waals surface area (Å²) < 4.78 is 42.5. The molecule has 1 heterocycles. The first-order chi connectivity index (χ1) is 9.74. The largest absolute Gasteiger partial charge is 0.276 e. The molecule has 0 unspecified atom stereocenters. The van der Waals surface area contributed by atoms with E-state index in [2.05, 4.69) is 9.82 Å². The topological polar surface area (TPSA) is 64.0 Å². The second-order valence-electron chi connectivity index (χ2n) is 5.12. The molecule has 0 radical (unpaired) electrons. The van der Waals surface area contributed by atoms with Crippen LogP contribution in [0.25, 0.3) is 0 Å². The summed E-state index contributed by atoms with van der Waals surface area (Å²) in [5.41, 5.74) is 1.65. The zero-order valence-electron chi connectivity index (χ0n) is 12.4. The SMILES string of the molecule is Cc1nn(C(C)C)c(C)c1NS(=O)(=O)c1ccccc1F. The lowest BCUT2D eigenvalue weighted by Gasteiger charge is -2.11. The summed E-state index contributed by atoms with van der Waals surface area (Å²) in [7, 11) is -3.98. The first kappa shape index (κ1) is 15.5. The number of nitrogens with zero attached hydrogens (tertiary/aromatic N) is 2. The molecule has 0 amide bonds. The van der Waals surface area contributed by atoms with Crippen molar-refractivity contribution in [3.8, 4) is 0 Å². The molecule has 7 heteroatoms. The summed E-state index contributed by atoms with van der Waals surface area (Å²) in [5.74, 6) is -0.781. The number of halogens is 1. The van der Waals surface area contributed by atoms with Crippen LogP contribution in [0.5, 0.6) is 0 Å². The second-order valence-corrected chi connectivity index (χ2v) is 6.77. The van der Waals surface area contributed by atoms with E-state index in [1.165, 1.54) is 18.2 Å². The Morgan fingerprint density at radius 2 is 1.86 bits per heavy atom. The van der Waals surface area contributed by atoms with Crippen molar-refractivity contribution in [1.82, 2.24) is 9.78 Å². The van der Waals surface area contributed by atoms with E-state index in [4.69, 9.17) is 0 Å². The zero-order valence-corrected chi connectivity index (χ0v) is 13.2. The van der Waals surface area contributed by atoms with E-state index < -0.39 is 15.8 Å². The highest BCUT2D eigenvalue weighted by Crippen LogP contribution is 2.26. The van der Waals surface area contributed by atoms with Crippen LogP contribution in [0.3, 0.4) is 0 Å². The van der Waals surface area contributed by atoms with Crippen molar-refractivity contribution in [2.24, 2.45) is 0 Å². The zero-order chi connectivity index (χ0) is 15.8. The molecule has 1 N–H and O–H groups in total. The van der Waals surface area contributed by atoms with Gasteiger partial charge in [-0.15, -0.1) is 0 Å². The van der Waals surface area contributed by atoms with E-state index in [-0.39, 0.29) is 10.9 Å². The van der Waals surface area contributed by atoms with Crippen LogP contribution >= 0.6 is 0 Å². The lowest BCUT2D eigenvalue weighted by atomic mass is 10.3. The molecule has 0 atom stereocenters. The first-order valence-electron chi connectivity index (χ1n) is 6.57. The van der Waals surface area contributed by atoms with Crippen LogP contribution in [0.4, 0.5) is 10.1 Å². The number of aryl methyl sites for hydroxylation is 1. The maximum atomic E-state index is 13.7. The molecule has 0 saturated carbocycles. The predicted octanol–water partition coefficient (Wildman–Crippen LogP) is 3.02. The minimum Gasteiger partial charge on any atom is -0.276 e. The minimum atomic E-state index is -3.98. The Hall–Kier alpha value is -1.89. The number of hydrogen-bond acceptors (Lipinski definition) is 3. The van der Waals surface area contributed by atoms with E-state index in [0.29, 0.717) is 17.1 Å². The van der Waals surface area contributed by atoms with Crippen molar-refractivity contribution in [3.63, 3.8) is 0 Å². The number of hydrogen-bond donors (Lipinski definition) is 1. The first-order valence-corrected chi connectivity index (χ1v) is 8.05. The lowest BCUT2D eigenvalue weighted by Crippen LogP contribution is -2.15. The van der Waals surface area contributed by atoms with Crippen molar-refractivity contribution < 1.29 is 12.8 Å². The number of rotatable bonds is 4. The summed E-state index contributed by atoms with van der Waals surface area (Å²) in [6.45, 7) is 7.40. The molecule has 0 aliphatic rings. The maximum Gasteiger partial charge on any atom is 0.264 e. The Morgan fingerprint density at radius 1 is 1.24 bits per heavy atom. The quantitative estimate of drug-likeness (QED) is 0.944. The third-order valence-corrected chi connectivity index (χ3v) is 4.56. The van der Waals surface area contributed by atoms with Gasteiger partial charge in [0, 0.05) is 6.04 Å². The van der Waals surface area contributed by atoms with Gasteiger partial charge in [-0.05, 0) is 39.8 Å². The lowest BCUT2D eigenvalue weighted by molar-refractivity contribution is 0.516. The Balaban J connectivity index is 2.45. The van der Waals surface area contributed by atoms with Crippen LogP contribution in [0.15, 0.2) is 29.2 Å². The Labute approximate surface area is 123 Å². The van der Waals surface area contributed by atoms with E-state index in [9.17, 15) is 12.8 Å². The third-order valence-electron chi connectivity index (χ3n) is 3.18. The highest BCUT2D eigenvalue weighted by molar-refractivity contribution is 7.92. The second kappa shape index (κ2) is 5.48. The normalized spacial score (nSPS) is 11.9. The van der Waals surface area contributed by atoms with E-state index >= 15 is 0 Å². The molecule has 2 rings (SSSR count). The number of nitrogens with one attached hydrogen (secondary N) is 1. The molecule has 0 aliphatic heterocycles. The van der Waals surface area contributed by atoms with Crippen molar-refractivity contribution in [2.45, 2.75) is 38.6 Å². The predicted molar refractivity (Wildman–Crippen MR) is 79.3 cm³/mol. The highest BCUT2D eigenvalue weighted by Gasteiger charge is 2.23.